The monoisotopic (exact) mass is 187 g/mol. The van der Waals surface area contributed by atoms with E-state index in [0.717, 1.165) is 17.2 Å². The molecule has 0 fully saturated rings. The van der Waals surface area contributed by atoms with E-state index in [1.807, 2.05) is 23.9 Å². The van der Waals surface area contributed by atoms with Gasteiger partial charge in [-0.15, -0.1) is 0 Å². The van der Waals surface area contributed by atoms with Crippen molar-refractivity contribution < 1.29 is 0 Å². The highest BCUT2D eigenvalue weighted by Crippen LogP contribution is 2.11. The predicted molar refractivity (Wildman–Crippen MR) is 51.1 cm³/mol. The molecule has 0 aromatic carbocycles. The van der Waals surface area contributed by atoms with E-state index in [9.17, 15) is 0 Å². The second kappa shape index (κ2) is 4.62. The Hall–Kier alpha value is -0.210. The van der Waals surface area contributed by atoms with Gasteiger partial charge in [0.25, 0.3) is 0 Å². The van der Waals surface area contributed by atoms with Crippen molar-refractivity contribution >= 4 is 23.4 Å². The molecule has 0 spiro atoms. The first-order valence-electron chi connectivity index (χ1n) is 3.52. The third-order valence-electron chi connectivity index (χ3n) is 1.23. The molecule has 1 nitrogen and oxygen atoms in total. The van der Waals surface area contributed by atoms with Gasteiger partial charge in [-0.1, -0.05) is 24.6 Å². The zero-order valence-corrected chi connectivity index (χ0v) is 7.95. The van der Waals surface area contributed by atoms with Crippen LogP contribution in [-0.2, 0) is 5.75 Å². The van der Waals surface area contributed by atoms with Crippen molar-refractivity contribution in [1.82, 2.24) is 4.98 Å². The lowest BCUT2D eigenvalue weighted by molar-refractivity contribution is 1.17. The van der Waals surface area contributed by atoms with Crippen LogP contribution in [0.2, 0.25) is 5.15 Å². The number of thioether (sulfide) groups is 1. The summed E-state index contributed by atoms with van der Waals surface area (Å²) in [6.45, 7) is 2.13. The standard InChI is InChI=1S/C8H10ClNS/c1-2-11-6-7-4-3-5-8(9)10-7/h3-5H,2,6H2,1H3. The molecule has 3 heteroatoms. The van der Waals surface area contributed by atoms with E-state index in [-0.39, 0.29) is 0 Å². The van der Waals surface area contributed by atoms with Gasteiger partial charge in [0.05, 0.1) is 5.69 Å². The van der Waals surface area contributed by atoms with Crippen molar-refractivity contribution in [2.75, 3.05) is 5.75 Å². The minimum Gasteiger partial charge on any atom is -0.240 e. The first kappa shape index (κ1) is 8.88. The maximum absolute atomic E-state index is 5.70. The number of halogens is 1. The maximum atomic E-state index is 5.70. The van der Waals surface area contributed by atoms with E-state index >= 15 is 0 Å². The molecular formula is C8H10ClNS. The van der Waals surface area contributed by atoms with Gasteiger partial charge >= 0.3 is 0 Å². The van der Waals surface area contributed by atoms with Gasteiger partial charge in [0.2, 0.25) is 0 Å². The zero-order valence-electron chi connectivity index (χ0n) is 6.38. The molecule has 0 bridgehead atoms. The molecule has 0 unspecified atom stereocenters. The Labute approximate surface area is 76.2 Å². The van der Waals surface area contributed by atoms with Gasteiger partial charge in [-0.2, -0.15) is 11.8 Å². The summed E-state index contributed by atoms with van der Waals surface area (Å²) in [4.78, 5) is 4.16. The fourth-order valence-corrected chi connectivity index (χ4v) is 1.49. The van der Waals surface area contributed by atoms with Crippen molar-refractivity contribution in [3.63, 3.8) is 0 Å². The largest absolute Gasteiger partial charge is 0.240 e. The van der Waals surface area contributed by atoms with Crippen LogP contribution in [0.25, 0.3) is 0 Å². The highest BCUT2D eigenvalue weighted by Gasteiger charge is 1.93. The van der Waals surface area contributed by atoms with Gasteiger partial charge in [-0.05, 0) is 17.9 Å². The Morgan fingerprint density at radius 1 is 1.55 bits per heavy atom. The lowest BCUT2D eigenvalue weighted by atomic mass is 10.4. The summed E-state index contributed by atoms with van der Waals surface area (Å²) in [6, 6.07) is 5.72. The summed E-state index contributed by atoms with van der Waals surface area (Å²) < 4.78 is 0. The number of aromatic nitrogens is 1. The first-order valence-corrected chi connectivity index (χ1v) is 5.05. The SMILES string of the molecule is CCSCc1cccc(Cl)n1. The molecule has 0 N–H and O–H groups in total. The smallest absolute Gasteiger partial charge is 0.129 e. The Balaban J connectivity index is 2.56. The summed E-state index contributed by atoms with van der Waals surface area (Å²) in [5.41, 5.74) is 1.06. The summed E-state index contributed by atoms with van der Waals surface area (Å²) in [6.07, 6.45) is 0. The lowest BCUT2D eigenvalue weighted by Gasteiger charge is -1.97. The summed E-state index contributed by atoms with van der Waals surface area (Å²) in [7, 11) is 0. The van der Waals surface area contributed by atoms with E-state index in [1.165, 1.54) is 0 Å². The van der Waals surface area contributed by atoms with Crippen molar-refractivity contribution in [1.29, 1.82) is 0 Å². The molecule has 0 saturated heterocycles. The molecule has 60 valence electrons. The third-order valence-corrected chi connectivity index (χ3v) is 2.35. The summed E-state index contributed by atoms with van der Waals surface area (Å²) >= 11 is 7.55. The van der Waals surface area contributed by atoms with Crippen LogP contribution in [0.1, 0.15) is 12.6 Å². The van der Waals surface area contributed by atoms with Crippen molar-refractivity contribution in [2.45, 2.75) is 12.7 Å². The van der Waals surface area contributed by atoms with Gasteiger partial charge in [0, 0.05) is 5.75 Å². The highest BCUT2D eigenvalue weighted by molar-refractivity contribution is 7.98. The van der Waals surface area contributed by atoms with Crippen molar-refractivity contribution in [2.24, 2.45) is 0 Å². The molecule has 11 heavy (non-hydrogen) atoms. The molecule has 0 saturated carbocycles. The van der Waals surface area contributed by atoms with Crippen LogP contribution in [-0.4, -0.2) is 10.7 Å². The van der Waals surface area contributed by atoms with Crippen molar-refractivity contribution in [3.8, 4) is 0 Å². The van der Waals surface area contributed by atoms with Crippen LogP contribution in [0.3, 0.4) is 0 Å². The van der Waals surface area contributed by atoms with Crippen LogP contribution in [0.5, 0.6) is 0 Å². The minimum absolute atomic E-state index is 0.583. The second-order valence-corrected chi connectivity index (χ2v) is 3.75. The van der Waals surface area contributed by atoms with E-state index in [0.29, 0.717) is 5.15 Å². The Kier molecular flexibility index (Phi) is 3.73. The first-order chi connectivity index (χ1) is 5.33. The zero-order chi connectivity index (χ0) is 8.10. The number of nitrogens with zero attached hydrogens (tertiary/aromatic N) is 1. The van der Waals surface area contributed by atoms with Crippen LogP contribution in [0.4, 0.5) is 0 Å². The van der Waals surface area contributed by atoms with Gasteiger partial charge in [0.15, 0.2) is 0 Å². The molecule has 1 aromatic rings. The topological polar surface area (TPSA) is 12.9 Å². The van der Waals surface area contributed by atoms with Crippen LogP contribution < -0.4 is 0 Å². The fourth-order valence-electron chi connectivity index (χ4n) is 0.737. The molecule has 0 aliphatic heterocycles. The van der Waals surface area contributed by atoms with Gasteiger partial charge < -0.3 is 0 Å². The molecule has 0 amide bonds. The third kappa shape index (κ3) is 3.12. The Morgan fingerprint density at radius 2 is 2.36 bits per heavy atom. The molecule has 0 aliphatic rings. The van der Waals surface area contributed by atoms with Crippen LogP contribution in [0.15, 0.2) is 18.2 Å². The molecule has 0 aliphatic carbocycles. The second-order valence-electron chi connectivity index (χ2n) is 2.09. The predicted octanol–water partition coefficient (Wildman–Crippen LogP) is 2.99. The van der Waals surface area contributed by atoms with Crippen LogP contribution >= 0.6 is 23.4 Å². The fraction of sp³-hybridized carbons (Fsp3) is 0.375. The highest BCUT2D eigenvalue weighted by atomic mass is 35.5. The Morgan fingerprint density at radius 3 is 3.00 bits per heavy atom. The van der Waals surface area contributed by atoms with Gasteiger partial charge in [-0.25, -0.2) is 4.98 Å². The number of rotatable bonds is 3. The van der Waals surface area contributed by atoms with Gasteiger partial charge in [-0.3, -0.25) is 0 Å². The van der Waals surface area contributed by atoms with E-state index in [1.54, 1.807) is 6.07 Å². The van der Waals surface area contributed by atoms with Crippen LogP contribution in [0, 0.1) is 0 Å². The maximum Gasteiger partial charge on any atom is 0.129 e. The van der Waals surface area contributed by atoms with E-state index in [2.05, 4.69) is 11.9 Å². The van der Waals surface area contributed by atoms with Gasteiger partial charge in [0.1, 0.15) is 5.15 Å². The van der Waals surface area contributed by atoms with E-state index < -0.39 is 0 Å². The quantitative estimate of drug-likeness (QED) is 0.675. The molecule has 1 heterocycles. The number of hydrogen-bond acceptors (Lipinski definition) is 2. The summed E-state index contributed by atoms with van der Waals surface area (Å²) in [5, 5.41) is 0.583. The minimum atomic E-state index is 0.583. The molecule has 1 aromatic heterocycles. The normalized spacial score (nSPS) is 10.0. The number of hydrogen-bond donors (Lipinski definition) is 0. The average Bonchev–Trinajstić information content (AvgIpc) is 2.01. The summed E-state index contributed by atoms with van der Waals surface area (Å²) in [5.74, 6) is 2.07. The lowest BCUT2D eigenvalue weighted by Crippen LogP contribution is -1.86. The molecule has 0 radical (unpaired) electrons. The molecular weight excluding hydrogens is 178 g/mol. The molecule has 0 atom stereocenters. The number of pyridine rings is 1. The molecule has 1 rings (SSSR count). The van der Waals surface area contributed by atoms with E-state index in [4.69, 9.17) is 11.6 Å². The Bertz CT molecular complexity index is 227. The van der Waals surface area contributed by atoms with Crippen molar-refractivity contribution in [3.05, 3.63) is 29.0 Å². The average molecular weight is 188 g/mol.